The number of nitrogens with zero attached hydrogens (tertiary/aromatic N) is 3. The molecular formula is C13H16N4S. The van der Waals surface area contributed by atoms with Crippen LogP contribution in [0.2, 0.25) is 0 Å². The minimum atomic E-state index is 0.0358. The SMILES string of the molecule is CCC(N)C(Sc1ncccn1)c1ccccn1. The van der Waals surface area contributed by atoms with Gasteiger partial charge in [0.15, 0.2) is 5.16 Å². The molecule has 0 fully saturated rings. The molecule has 0 spiro atoms. The van der Waals surface area contributed by atoms with Gasteiger partial charge < -0.3 is 5.73 Å². The molecule has 2 atom stereocenters. The predicted octanol–water partition coefficient (Wildman–Crippen LogP) is 2.44. The highest BCUT2D eigenvalue weighted by atomic mass is 32.2. The fraction of sp³-hybridized carbons (Fsp3) is 0.308. The Kier molecular flexibility index (Phi) is 4.66. The van der Waals surface area contributed by atoms with Crippen LogP contribution in [0.1, 0.15) is 24.3 Å². The summed E-state index contributed by atoms with van der Waals surface area (Å²) in [5.41, 5.74) is 7.16. The first-order valence-corrected chi connectivity index (χ1v) is 6.79. The number of aromatic nitrogens is 3. The van der Waals surface area contributed by atoms with Crippen LogP contribution in [0.5, 0.6) is 0 Å². The Morgan fingerprint density at radius 1 is 1.11 bits per heavy atom. The second-order valence-electron chi connectivity index (χ2n) is 3.90. The normalized spacial score (nSPS) is 14.1. The molecule has 0 aliphatic rings. The van der Waals surface area contributed by atoms with Gasteiger partial charge in [-0.25, -0.2) is 9.97 Å². The van der Waals surface area contributed by atoms with Crippen molar-refractivity contribution in [2.24, 2.45) is 5.73 Å². The molecule has 0 aromatic carbocycles. The second kappa shape index (κ2) is 6.47. The van der Waals surface area contributed by atoms with E-state index in [4.69, 9.17) is 5.73 Å². The van der Waals surface area contributed by atoms with Crippen molar-refractivity contribution in [2.45, 2.75) is 29.8 Å². The van der Waals surface area contributed by atoms with E-state index in [1.165, 1.54) is 0 Å². The number of hydrogen-bond acceptors (Lipinski definition) is 5. The Morgan fingerprint density at radius 2 is 1.83 bits per heavy atom. The summed E-state index contributed by atoms with van der Waals surface area (Å²) in [7, 11) is 0. The number of pyridine rings is 1. The molecule has 2 N–H and O–H groups in total. The molecule has 0 amide bonds. The third kappa shape index (κ3) is 3.27. The first kappa shape index (κ1) is 13.0. The van der Waals surface area contributed by atoms with Crippen LogP contribution in [0.4, 0.5) is 0 Å². The van der Waals surface area contributed by atoms with Crippen LogP contribution >= 0.6 is 11.8 Å². The maximum absolute atomic E-state index is 6.18. The van der Waals surface area contributed by atoms with Gasteiger partial charge in [0, 0.05) is 24.6 Å². The number of rotatable bonds is 5. The van der Waals surface area contributed by atoms with E-state index in [1.807, 2.05) is 18.2 Å². The minimum absolute atomic E-state index is 0.0358. The molecule has 0 saturated heterocycles. The summed E-state index contributed by atoms with van der Waals surface area (Å²) in [5.74, 6) is 0. The van der Waals surface area contributed by atoms with Crippen molar-refractivity contribution in [3.8, 4) is 0 Å². The van der Waals surface area contributed by atoms with Gasteiger partial charge in [-0.15, -0.1) is 0 Å². The smallest absolute Gasteiger partial charge is 0.188 e. The number of hydrogen-bond donors (Lipinski definition) is 1. The van der Waals surface area contributed by atoms with Crippen LogP contribution in [0.3, 0.4) is 0 Å². The Bertz CT molecular complexity index is 463. The van der Waals surface area contributed by atoms with E-state index in [2.05, 4.69) is 21.9 Å². The van der Waals surface area contributed by atoms with Crippen molar-refractivity contribution < 1.29 is 0 Å². The summed E-state index contributed by atoms with van der Waals surface area (Å²) in [5, 5.41) is 0.815. The molecule has 0 saturated carbocycles. The summed E-state index contributed by atoms with van der Waals surface area (Å²) in [6.45, 7) is 2.08. The van der Waals surface area contributed by atoms with Crippen molar-refractivity contribution in [1.29, 1.82) is 0 Å². The van der Waals surface area contributed by atoms with Crippen LogP contribution in [0.25, 0.3) is 0 Å². The standard InChI is InChI=1S/C13H16N4S/c1-2-10(14)12(11-6-3-4-7-15-11)18-13-16-8-5-9-17-13/h3-10,12H,2,14H2,1H3. The van der Waals surface area contributed by atoms with Crippen molar-refractivity contribution >= 4 is 11.8 Å². The van der Waals surface area contributed by atoms with Crippen LogP contribution < -0.4 is 5.73 Å². The quantitative estimate of drug-likeness (QED) is 0.660. The van der Waals surface area contributed by atoms with Gasteiger partial charge >= 0.3 is 0 Å². The highest BCUT2D eigenvalue weighted by Gasteiger charge is 2.22. The number of thioether (sulfide) groups is 1. The topological polar surface area (TPSA) is 64.7 Å². The van der Waals surface area contributed by atoms with Gasteiger partial charge in [-0.1, -0.05) is 24.8 Å². The van der Waals surface area contributed by atoms with Crippen molar-refractivity contribution in [3.63, 3.8) is 0 Å². The first-order chi connectivity index (χ1) is 8.81. The lowest BCUT2D eigenvalue weighted by Crippen LogP contribution is -2.26. The van der Waals surface area contributed by atoms with Crippen LogP contribution in [0.15, 0.2) is 48.0 Å². The monoisotopic (exact) mass is 260 g/mol. The molecule has 5 heteroatoms. The Labute approximate surface area is 111 Å². The maximum atomic E-state index is 6.18. The third-order valence-corrected chi connectivity index (χ3v) is 3.88. The van der Waals surface area contributed by atoms with Gasteiger partial charge in [-0.05, 0) is 24.6 Å². The fourth-order valence-corrected chi connectivity index (χ4v) is 2.68. The summed E-state index contributed by atoms with van der Waals surface area (Å²) in [6.07, 6.45) is 6.16. The molecule has 2 aromatic heterocycles. The number of nitrogens with two attached hydrogens (primary N) is 1. The minimum Gasteiger partial charge on any atom is -0.326 e. The Balaban J connectivity index is 2.21. The van der Waals surface area contributed by atoms with Crippen molar-refractivity contribution in [1.82, 2.24) is 15.0 Å². The van der Waals surface area contributed by atoms with Crippen LogP contribution in [0, 0.1) is 0 Å². The van der Waals surface area contributed by atoms with Crippen molar-refractivity contribution in [3.05, 3.63) is 48.5 Å². The van der Waals surface area contributed by atoms with E-state index >= 15 is 0 Å². The van der Waals surface area contributed by atoms with E-state index in [-0.39, 0.29) is 11.3 Å². The van der Waals surface area contributed by atoms with E-state index in [1.54, 1.807) is 36.4 Å². The van der Waals surface area contributed by atoms with E-state index in [9.17, 15) is 0 Å². The van der Waals surface area contributed by atoms with Gasteiger partial charge in [-0.2, -0.15) is 0 Å². The molecule has 2 aromatic rings. The zero-order valence-corrected chi connectivity index (χ0v) is 11.0. The molecule has 4 nitrogen and oxygen atoms in total. The maximum Gasteiger partial charge on any atom is 0.188 e. The molecular weight excluding hydrogens is 244 g/mol. The summed E-state index contributed by atoms with van der Waals surface area (Å²) in [4.78, 5) is 12.8. The summed E-state index contributed by atoms with van der Waals surface area (Å²) >= 11 is 1.56. The van der Waals surface area contributed by atoms with Crippen molar-refractivity contribution in [2.75, 3.05) is 0 Å². The highest BCUT2D eigenvalue weighted by molar-refractivity contribution is 7.99. The van der Waals surface area contributed by atoms with Gasteiger partial charge in [0.05, 0.1) is 10.9 Å². The predicted molar refractivity (Wildman–Crippen MR) is 73.1 cm³/mol. The lowest BCUT2D eigenvalue weighted by molar-refractivity contribution is 0.622. The van der Waals surface area contributed by atoms with E-state index in [0.29, 0.717) is 0 Å². The summed E-state index contributed by atoms with van der Waals surface area (Å²) in [6, 6.07) is 7.72. The molecule has 94 valence electrons. The molecule has 0 bridgehead atoms. The first-order valence-electron chi connectivity index (χ1n) is 5.91. The van der Waals surface area contributed by atoms with Gasteiger partial charge in [0.25, 0.3) is 0 Å². The van der Waals surface area contributed by atoms with Gasteiger partial charge in [0.2, 0.25) is 0 Å². The van der Waals surface area contributed by atoms with Gasteiger partial charge in [-0.3, -0.25) is 4.98 Å². The molecule has 2 heterocycles. The van der Waals surface area contributed by atoms with E-state index in [0.717, 1.165) is 17.3 Å². The molecule has 2 unspecified atom stereocenters. The Hall–Kier alpha value is -1.46. The second-order valence-corrected chi connectivity index (χ2v) is 5.01. The summed E-state index contributed by atoms with van der Waals surface area (Å²) < 4.78 is 0. The fourth-order valence-electron chi connectivity index (χ4n) is 1.59. The Morgan fingerprint density at radius 3 is 2.44 bits per heavy atom. The zero-order chi connectivity index (χ0) is 12.8. The highest BCUT2D eigenvalue weighted by Crippen LogP contribution is 2.34. The largest absolute Gasteiger partial charge is 0.326 e. The lowest BCUT2D eigenvalue weighted by atomic mass is 10.1. The third-order valence-electron chi connectivity index (χ3n) is 2.61. The van der Waals surface area contributed by atoms with Crippen LogP contribution in [-0.2, 0) is 0 Å². The van der Waals surface area contributed by atoms with E-state index < -0.39 is 0 Å². The lowest BCUT2D eigenvalue weighted by Gasteiger charge is -2.20. The molecule has 18 heavy (non-hydrogen) atoms. The average molecular weight is 260 g/mol. The van der Waals surface area contributed by atoms with Crippen LogP contribution in [-0.4, -0.2) is 21.0 Å². The molecule has 0 aliphatic carbocycles. The molecule has 2 rings (SSSR count). The molecule has 0 aliphatic heterocycles. The molecule has 0 radical (unpaired) electrons. The average Bonchev–Trinajstić information content (AvgIpc) is 2.46. The van der Waals surface area contributed by atoms with Gasteiger partial charge in [0.1, 0.15) is 0 Å². The zero-order valence-electron chi connectivity index (χ0n) is 10.2.